The third kappa shape index (κ3) is 3.54. The van der Waals surface area contributed by atoms with E-state index in [1.165, 1.54) is 12.1 Å². The Morgan fingerprint density at radius 2 is 1.83 bits per heavy atom. The molecule has 0 aliphatic heterocycles. The molecule has 1 heterocycles. The Labute approximate surface area is 139 Å². The minimum atomic E-state index is -1.23. The van der Waals surface area contributed by atoms with Gasteiger partial charge in [0.25, 0.3) is 0 Å². The molecule has 3 rings (SSSR count). The molecule has 116 valence electrons. The van der Waals surface area contributed by atoms with Crippen LogP contribution in [-0.2, 0) is 6.61 Å². The molecule has 0 bridgehead atoms. The third-order valence-electron chi connectivity index (χ3n) is 3.06. The van der Waals surface area contributed by atoms with Gasteiger partial charge >= 0.3 is 0 Å². The first-order valence-corrected chi connectivity index (χ1v) is 7.40. The van der Waals surface area contributed by atoms with Gasteiger partial charge in [0.1, 0.15) is 12.4 Å². The standard InChI is InChI=1S/C15H11BrN4O3/c16-11-3-5-12(6-4-11)20-14(17-18-19-20)9-23-13-7-1-10(2-8-13)15(21)22/h1-8H,9H2,(H,21,22)/p-1. The number of tetrazole rings is 1. The lowest BCUT2D eigenvalue weighted by Gasteiger charge is -2.08. The number of nitrogens with zero attached hydrogens (tertiary/aromatic N) is 4. The number of aromatic nitrogens is 4. The first-order valence-electron chi connectivity index (χ1n) is 6.61. The number of rotatable bonds is 5. The number of hydrogen-bond acceptors (Lipinski definition) is 6. The fourth-order valence-corrected chi connectivity index (χ4v) is 2.18. The summed E-state index contributed by atoms with van der Waals surface area (Å²) in [5.74, 6) is -0.188. The van der Waals surface area contributed by atoms with Crippen LogP contribution in [0.3, 0.4) is 0 Å². The molecule has 23 heavy (non-hydrogen) atoms. The Morgan fingerprint density at radius 1 is 1.13 bits per heavy atom. The maximum absolute atomic E-state index is 10.7. The molecular formula is C15H10BrN4O3-. The summed E-state index contributed by atoms with van der Waals surface area (Å²) in [5, 5.41) is 22.2. The zero-order valence-electron chi connectivity index (χ0n) is 11.7. The quantitative estimate of drug-likeness (QED) is 0.670. The summed E-state index contributed by atoms with van der Waals surface area (Å²) in [4.78, 5) is 10.7. The first-order chi connectivity index (χ1) is 11.1. The number of hydrogen-bond donors (Lipinski definition) is 0. The van der Waals surface area contributed by atoms with Gasteiger partial charge in [-0.25, -0.2) is 0 Å². The highest BCUT2D eigenvalue weighted by Gasteiger charge is 2.09. The topological polar surface area (TPSA) is 93.0 Å². The smallest absolute Gasteiger partial charge is 0.194 e. The van der Waals surface area contributed by atoms with Gasteiger partial charge in [0.15, 0.2) is 5.82 Å². The van der Waals surface area contributed by atoms with Crippen LogP contribution in [0.2, 0.25) is 0 Å². The molecule has 7 nitrogen and oxygen atoms in total. The van der Waals surface area contributed by atoms with E-state index in [1.54, 1.807) is 16.8 Å². The molecular weight excluding hydrogens is 364 g/mol. The molecule has 0 unspecified atom stereocenters. The van der Waals surface area contributed by atoms with E-state index in [9.17, 15) is 9.90 Å². The summed E-state index contributed by atoms with van der Waals surface area (Å²) >= 11 is 3.37. The Morgan fingerprint density at radius 3 is 2.48 bits per heavy atom. The number of carbonyl (C=O) groups is 1. The van der Waals surface area contributed by atoms with Gasteiger partial charge in [0.05, 0.1) is 11.7 Å². The summed E-state index contributed by atoms with van der Waals surface area (Å²) in [5.41, 5.74) is 0.904. The molecule has 0 fully saturated rings. The minimum Gasteiger partial charge on any atom is -0.545 e. The maximum atomic E-state index is 10.7. The summed E-state index contributed by atoms with van der Waals surface area (Å²) in [6.45, 7) is 0.147. The number of benzene rings is 2. The zero-order chi connectivity index (χ0) is 16.2. The minimum absolute atomic E-state index is 0.0945. The van der Waals surface area contributed by atoms with E-state index < -0.39 is 5.97 Å². The van der Waals surface area contributed by atoms with Crippen LogP contribution in [0.1, 0.15) is 16.2 Å². The van der Waals surface area contributed by atoms with Crippen molar-refractivity contribution < 1.29 is 14.6 Å². The number of carbonyl (C=O) groups excluding carboxylic acids is 1. The number of carboxylic acids is 1. The van der Waals surface area contributed by atoms with Crippen LogP contribution in [0, 0.1) is 0 Å². The van der Waals surface area contributed by atoms with Crippen LogP contribution < -0.4 is 9.84 Å². The summed E-state index contributed by atoms with van der Waals surface area (Å²) < 4.78 is 8.11. The maximum Gasteiger partial charge on any atom is 0.194 e. The number of halogens is 1. The van der Waals surface area contributed by atoms with E-state index in [0.29, 0.717) is 11.6 Å². The van der Waals surface area contributed by atoms with Crippen molar-refractivity contribution in [1.29, 1.82) is 0 Å². The molecule has 2 aromatic carbocycles. The van der Waals surface area contributed by atoms with Gasteiger partial charge in [-0.2, -0.15) is 4.68 Å². The second-order valence-corrected chi connectivity index (χ2v) is 5.50. The highest BCUT2D eigenvalue weighted by Crippen LogP contribution is 2.16. The van der Waals surface area contributed by atoms with Crippen LogP contribution in [-0.4, -0.2) is 26.2 Å². The lowest BCUT2D eigenvalue weighted by atomic mass is 10.2. The van der Waals surface area contributed by atoms with Gasteiger partial charge in [0.2, 0.25) is 0 Å². The van der Waals surface area contributed by atoms with Gasteiger partial charge < -0.3 is 14.6 Å². The van der Waals surface area contributed by atoms with Gasteiger partial charge in [-0.1, -0.05) is 15.9 Å². The van der Waals surface area contributed by atoms with Crippen LogP contribution in [0.5, 0.6) is 5.75 Å². The lowest BCUT2D eigenvalue weighted by Crippen LogP contribution is -2.21. The van der Waals surface area contributed by atoms with Crippen molar-refractivity contribution in [2.24, 2.45) is 0 Å². The lowest BCUT2D eigenvalue weighted by molar-refractivity contribution is -0.255. The molecule has 0 aliphatic carbocycles. The molecule has 3 aromatic rings. The van der Waals surface area contributed by atoms with E-state index >= 15 is 0 Å². The second kappa shape index (κ2) is 6.57. The van der Waals surface area contributed by atoms with E-state index in [2.05, 4.69) is 31.5 Å². The predicted molar refractivity (Wildman–Crippen MR) is 82.0 cm³/mol. The normalized spacial score (nSPS) is 10.5. The molecule has 8 heteroatoms. The molecule has 0 atom stereocenters. The number of aromatic carboxylic acids is 1. The molecule has 0 saturated heterocycles. The highest BCUT2D eigenvalue weighted by molar-refractivity contribution is 9.10. The van der Waals surface area contributed by atoms with Crippen molar-refractivity contribution in [3.05, 3.63) is 64.4 Å². The van der Waals surface area contributed by atoms with E-state index in [-0.39, 0.29) is 12.2 Å². The Kier molecular flexibility index (Phi) is 4.33. The summed E-state index contributed by atoms with van der Waals surface area (Å²) in [7, 11) is 0. The van der Waals surface area contributed by atoms with Crippen molar-refractivity contribution in [2.75, 3.05) is 0 Å². The van der Waals surface area contributed by atoms with Crippen LogP contribution in [0.4, 0.5) is 0 Å². The summed E-state index contributed by atoms with van der Waals surface area (Å²) in [6, 6.07) is 13.5. The van der Waals surface area contributed by atoms with Gasteiger partial charge in [-0.05, 0) is 64.5 Å². The van der Waals surface area contributed by atoms with E-state index in [4.69, 9.17) is 4.74 Å². The molecule has 0 saturated carbocycles. The van der Waals surface area contributed by atoms with Gasteiger partial charge in [0, 0.05) is 4.47 Å². The van der Waals surface area contributed by atoms with Crippen molar-refractivity contribution >= 4 is 21.9 Å². The van der Waals surface area contributed by atoms with E-state index in [0.717, 1.165) is 10.2 Å². The van der Waals surface area contributed by atoms with Crippen LogP contribution in [0.15, 0.2) is 53.0 Å². The second-order valence-electron chi connectivity index (χ2n) is 4.58. The molecule has 0 N–H and O–H groups in total. The molecule has 0 amide bonds. The zero-order valence-corrected chi connectivity index (χ0v) is 13.3. The molecule has 0 radical (unpaired) electrons. The predicted octanol–water partition coefficient (Wildman–Crippen LogP) is 1.37. The average molecular weight is 374 g/mol. The molecule has 0 aliphatic rings. The highest BCUT2D eigenvalue weighted by atomic mass is 79.9. The van der Waals surface area contributed by atoms with Crippen molar-refractivity contribution in [1.82, 2.24) is 20.2 Å². The molecule has 0 spiro atoms. The monoisotopic (exact) mass is 373 g/mol. The van der Waals surface area contributed by atoms with Gasteiger partial charge in [-0.15, -0.1) is 5.10 Å². The average Bonchev–Trinajstić information content (AvgIpc) is 3.02. The van der Waals surface area contributed by atoms with Crippen LogP contribution in [0.25, 0.3) is 5.69 Å². The fraction of sp³-hybridized carbons (Fsp3) is 0.0667. The van der Waals surface area contributed by atoms with Crippen molar-refractivity contribution in [2.45, 2.75) is 6.61 Å². The Hall–Kier alpha value is -2.74. The SMILES string of the molecule is O=C([O-])c1ccc(OCc2nnnn2-c2ccc(Br)cc2)cc1. The van der Waals surface area contributed by atoms with E-state index in [1.807, 2.05) is 24.3 Å². The van der Waals surface area contributed by atoms with Gasteiger partial charge in [-0.3, -0.25) is 0 Å². The largest absolute Gasteiger partial charge is 0.545 e. The third-order valence-corrected chi connectivity index (χ3v) is 3.59. The fourth-order valence-electron chi connectivity index (χ4n) is 1.91. The van der Waals surface area contributed by atoms with Crippen LogP contribution >= 0.6 is 15.9 Å². The summed E-state index contributed by atoms with van der Waals surface area (Å²) in [6.07, 6.45) is 0. The van der Waals surface area contributed by atoms with Crippen molar-refractivity contribution in [3.8, 4) is 11.4 Å². The molecule has 1 aromatic heterocycles. The van der Waals surface area contributed by atoms with Crippen molar-refractivity contribution in [3.63, 3.8) is 0 Å². The Bertz CT molecular complexity index is 815. The number of carboxylic acid groups (broad SMARTS) is 1. The Balaban J connectivity index is 1.73. The number of ether oxygens (including phenoxy) is 1. The first kappa shape index (κ1) is 15.2.